The summed E-state index contributed by atoms with van der Waals surface area (Å²) in [7, 11) is 0. The van der Waals surface area contributed by atoms with Gasteiger partial charge < -0.3 is 0 Å². The van der Waals surface area contributed by atoms with Crippen molar-refractivity contribution in [2.75, 3.05) is 0 Å². The van der Waals surface area contributed by atoms with E-state index in [4.69, 9.17) is 4.98 Å². The first-order valence-electron chi connectivity index (χ1n) is 7.42. The maximum atomic E-state index is 4.71. The number of nitrogens with zero attached hydrogens (tertiary/aromatic N) is 3. The molecule has 3 rings (SSSR count). The van der Waals surface area contributed by atoms with Gasteiger partial charge in [0.05, 0.1) is 11.4 Å². The lowest BCUT2D eigenvalue weighted by Gasteiger charge is -2.08. The van der Waals surface area contributed by atoms with Gasteiger partial charge in [-0.2, -0.15) is 0 Å². The highest BCUT2D eigenvalue weighted by Crippen LogP contribution is 2.19. The second-order valence-corrected chi connectivity index (χ2v) is 5.71. The standard InChI is InChI=1S/C19H19N3/c1-13-4-6-18(21-11-13)19-7-5-17(15(3)22-19)9-16-8-14(2)10-20-12-16/h4-8,10-12H,9H2,1-3H3. The van der Waals surface area contributed by atoms with Crippen LogP contribution in [0.1, 0.15) is 27.9 Å². The van der Waals surface area contributed by atoms with Crippen molar-refractivity contribution in [3.63, 3.8) is 0 Å². The minimum absolute atomic E-state index is 0.856. The monoisotopic (exact) mass is 289 g/mol. The van der Waals surface area contributed by atoms with Crippen molar-refractivity contribution in [1.82, 2.24) is 15.0 Å². The SMILES string of the molecule is Cc1ccc(-c2ccc(Cc3cncc(C)c3)c(C)n2)nc1. The van der Waals surface area contributed by atoms with E-state index in [1.807, 2.05) is 37.6 Å². The molecule has 110 valence electrons. The van der Waals surface area contributed by atoms with Crippen LogP contribution in [-0.4, -0.2) is 15.0 Å². The van der Waals surface area contributed by atoms with Gasteiger partial charge in [-0.15, -0.1) is 0 Å². The molecule has 0 radical (unpaired) electrons. The van der Waals surface area contributed by atoms with E-state index in [0.29, 0.717) is 0 Å². The van der Waals surface area contributed by atoms with Gasteiger partial charge in [0, 0.05) is 30.7 Å². The third kappa shape index (κ3) is 3.19. The molecular formula is C19H19N3. The largest absolute Gasteiger partial charge is 0.264 e. The molecule has 22 heavy (non-hydrogen) atoms. The number of hydrogen-bond donors (Lipinski definition) is 0. The number of aryl methyl sites for hydroxylation is 3. The molecule has 0 saturated carbocycles. The highest BCUT2D eigenvalue weighted by molar-refractivity contribution is 5.55. The Kier molecular flexibility index (Phi) is 3.96. The van der Waals surface area contributed by atoms with Gasteiger partial charge in [0.15, 0.2) is 0 Å². The maximum Gasteiger partial charge on any atom is 0.0889 e. The van der Waals surface area contributed by atoms with E-state index in [1.54, 1.807) is 0 Å². The van der Waals surface area contributed by atoms with Gasteiger partial charge in [0.1, 0.15) is 0 Å². The van der Waals surface area contributed by atoms with Crippen LogP contribution in [0.5, 0.6) is 0 Å². The zero-order chi connectivity index (χ0) is 15.5. The molecule has 0 spiro atoms. The predicted octanol–water partition coefficient (Wildman–Crippen LogP) is 4.05. The first-order chi connectivity index (χ1) is 10.6. The Morgan fingerprint density at radius 1 is 0.818 bits per heavy atom. The fraction of sp³-hybridized carbons (Fsp3) is 0.211. The summed E-state index contributed by atoms with van der Waals surface area (Å²) in [4.78, 5) is 13.4. The summed E-state index contributed by atoms with van der Waals surface area (Å²) in [5, 5.41) is 0. The number of pyridine rings is 3. The zero-order valence-corrected chi connectivity index (χ0v) is 13.2. The smallest absolute Gasteiger partial charge is 0.0889 e. The Balaban J connectivity index is 1.87. The van der Waals surface area contributed by atoms with E-state index in [2.05, 4.69) is 42.0 Å². The van der Waals surface area contributed by atoms with E-state index < -0.39 is 0 Å². The van der Waals surface area contributed by atoms with E-state index >= 15 is 0 Å². The molecule has 3 aromatic rings. The van der Waals surface area contributed by atoms with Crippen LogP contribution in [0.2, 0.25) is 0 Å². The molecule has 0 aliphatic carbocycles. The third-order valence-corrected chi connectivity index (χ3v) is 3.70. The summed E-state index contributed by atoms with van der Waals surface area (Å²) in [5.41, 5.74) is 7.66. The minimum atomic E-state index is 0.856. The molecular weight excluding hydrogens is 270 g/mol. The molecule has 3 heteroatoms. The fourth-order valence-corrected chi connectivity index (χ4v) is 2.47. The first-order valence-corrected chi connectivity index (χ1v) is 7.42. The Morgan fingerprint density at radius 3 is 2.32 bits per heavy atom. The Labute approximate surface area is 131 Å². The number of aromatic nitrogens is 3. The Morgan fingerprint density at radius 2 is 1.64 bits per heavy atom. The summed E-state index contributed by atoms with van der Waals surface area (Å²) in [6.07, 6.45) is 6.52. The van der Waals surface area contributed by atoms with Crippen LogP contribution in [-0.2, 0) is 6.42 Å². The summed E-state index contributed by atoms with van der Waals surface area (Å²) in [6.45, 7) is 6.15. The van der Waals surface area contributed by atoms with E-state index in [-0.39, 0.29) is 0 Å². The average Bonchev–Trinajstić information content (AvgIpc) is 2.50. The van der Waals surface area contributed by atoms with Crippen LogP contribution in [0.25, 0.3) is 11.4 Å². The van der Waals surface area contributed by atoms with Crippen molar-refractivity contribution in [3.05, 3.63) is 76.9 Å². The van der Waals surface area contributed by atoms with Crippen molar-refractivity contribution in [1.29, 1.82) is 0 Å². The van der Waals surface area contributed by atoms with Crippen molar-refractivity contribution < 1.29 is 0 Å². The fourth-order valence-electron chi connectivity index (χ4n) is 2.47. The molecule has 3 nitrogen and oxygen atoms in total. The van der Waals surface area contributed by atoms with Crippen molar-refractivity contribution in [2.45, 2.75) is 27.2 Å². The lowest BCUT2D eigenvalue weighted by Crippen LogP contribution is -1.98. The Bertz CT molecular complexity index is 792. The van der Waals surface area contributed by atoms with Gasteiger partial charge in [-0.25, -0.2) is 0 Å². The molecule has 0 aliphatic heterocycles. The van der Waals surface area contributed by atoms with Gasteiger partial charge in [-0.05, 0) is 55.2 Å². The number of hydrogen-bond acceptors (Lipinski definition) is 3. The number of rotatable bonds is 3. The van der Waals surface area contributed by atoms with Crippen molar-refractivity contribution in [2.24, 2.45) is 0 Å². The molecule has 3 aromatic heterocycles. The van der Waals surface area contributed by atoms with Crippen LogP contribution in [0.4, 0.5) is 0 Å². The van der Waals surface area contributed by atoms with Crippen LogP contribution >= 0.6 is 0 Å². The minimum Gasteiger partial charge on any atom is -0.264 e. The molecule has 0 fully saturated rings. The van der Waals surface area contributed by atoms with Gasteiger partial charge in [-0.1, -0.05) is 18.2 Å². The zero-order valence-electron chi connectivity index (χ0n) is 13.2. The lowest BCUT2D eigenvalue weighted by atomic mass is 10.0. The van der Waals surface area contributed by atoms with Gasteiger partial charge >= 0.3 is 0 Å². The molecule has 0 atom stereocenters. The average molecular weight is 289 g/mol. The first kappa shape index (κ1) is 14.4. The second kappa shape index (κ2) is 6.06. The van der Waals surface area contributed by atoms with Crippen LogP contribution in [0.3, 0.4) is 0 Å². The predicted molar refractivity (Wildman–Crippen MR) is 88.7 cm³/mol. The Hall–Kier alpha value is -2.55. The quantitative estimate of drug-likeness (QED) is 0.730. The van der Waals surface area contributed by atoms with Gasteiger partial charge in [-0.3, -0.25) is 15.0 Å². The molecule has 3 heterocycles. The highest BCUT2D eigenvalue weighted by atomic mass is 14.8. The molecule has 0 aliphatic rings. The maximum absolute atomic E-state index is 4.71. The molecule has 0 saturated heterocycles. The van der Waals surface area contributed by atoms with E-state index in [9.17, 15) is 0 Å². The van der Waals surface area contributed by atoms with Crippen molar-refractivity contribution in [3.8, 4) is 11.4 Å². The summed E-state index contributed by atoms with van der Waals surface area (Å²) in [6, 6.07) is 10.4. The van der Waals surface area contributed by atoms with Crippen LogP contribution in [0.15, 0.2) is 48.9 Å². The topological polar surface area (TPSA) is 38.7 Å². The summed E-state index contributed by atoms with van der Waals surface area (Å²) >= 11 is 0. The summed E-state index contributed by atoms with van der Waals surface area (Å²) < 4.78 is 0. The normalized spacial score (nSPS) is 10.7. The molecule has 0 N–H and O–H groups in total. The summed E-state index contributed by atoms with van der Waals surface area (Å²) in [5.74, 6) is 0. The molecule has 0 aromatic carbocycles. The van der Waals surface area contributed by atoms with E-state index in [0.717, 1.165) is 29.1 Å². The van der Waals surface area contributed by atoms with E-state index in [1.165, 1.54) is 16.7 Å². The van der Waals surface area contributed by atoms with Gasteiger partial charge in [0.2, 0.25) is 0 Å². The molecule has 0 bridgehead atoms. The van der Waals surface area contributed by atoms with Crippen LogP contribution < -0.4 is 0 Å². The molecule has 0 amide bonds. The van der Waals surface area contributed by atoms with Crippen LogP contribution in [0, 0.1) is 20.8 Å². The highest BCUT2D eigenvalue weighted by Gasteiger charge is 2.06. The third-order valence-electron chi connectivity index (χ3n) is 3.70. The van der Waals surface area contributed by atoms with Crippen molar-refractivity contribution >= 4 is 0 Å². The second-order valence-electron chi connectivity index (χ2n) is 5.71. The molecule has 0 unspecified atom stereocenters. The van der Waals surface area contributed by atoms with Gasteiger partial charge in [0.25, 0.3) is 0 Å². The lowest BCUT2D eigenvalue weighted by molar-refractivity contribution is 1.06.